The molecule has 5 heteroatoms. The van der Waals surface area contributed by atoms with Gasteiger partial charge in [-0.25, -0.2) is 8.78 Å². The van der Waals surface area contributed by atoms with E-state index in [1.54, 1.807) is 12.4 Å². The normalized spacial score (nSPS) is 10.8. The highest BCUT2D eigenvalue weighted by Gasteiger charge is 2.11. The summed E-state index contributed by atoms with van der Waals surface area (Å²) >= 11 is 0. The van der Waals surface area contributed by atoms with Crippen molar-refractivity contribution in [2.45, 2.75) is 26.3 Å². The lowest BCUT2D eigenvalue weighted by molar-refractivity contribution is 0.499. The number of rotatable bonds is 4. The molecular weight excluding hydrogens is 224 g/mol. The second kappa shape index (κ2) is 5.03. The average molecular weight is 237 g/mol. The molecule has 0 saturated heterocycles. The zero-order valence-electron chi connectivity index (χ0n) is 9.53. The van der Waals surface area contributed by atoms with Crippen molar-refractivity contribution in [3.05, 3.63) is 47.5 Å². The fourth-order valence-electron chi connectivity index (χ4n) is 1.70. The summed E-state index contributed by atoms with van der Waals surface area (Å²) in [4.78, 5) is 0. The van der Waals surface area contributed by atoms with Gasteiger partial charge in [0.1, 0.15) is 12.2 Å². The van der Waals surface area contributed by atoms with Gasteiger partial charge in [0.15, 0.2) is 11.6 Å². The van der Waals surface area contributed by atoms with Gasteiger partial charge in [-0.3, -0.25) is 0 Å². The number of halogens is 2. The Morgan fingerprint density at radius 3 is 2.88 bits per heavy atom. The third kappa shape index (κ3) is 2.49. The van der Waals surface area contributed by atoms with Crippen LogP contribution in [0.5, 0.6) is 0 Å². The van der Waals surface area contributed by atoms with E-state index in [1.165, 1.54) is 6.07 Å². The first-order valence-electron chi connectivity index (χ1n) is 5.52. The number of hydrogen-bond acceptors (Lipinski definition) is 2. The quantitative estimate of drug-likeness (QED) is 0.818. The largest absolute Gasteiger partial charge is 0.317 e. The second-order valence-electron chi connectivity index (χ2n) is 3.83. The van der Waals surface area contributed by atoms with Crippen LogP contribution in [0.4, 0.5) is 8.78 Å². The van der Waals surface area contributed by atoms with Crippen LogP contribution in [0.3, 0.4) is 0 Å². The van der Waals surface area contributed by atoms with Gasteiger partial charge in [0.25, 0.3) is 0 Å². The summed E-state index contributed by atoms with van der Waals surface area (Å²) in [5.74, 6) is -0.987. The number of aromatic nitrogens is 3. The Labute approximate surface area is 98.1 Å². The van der Waals surface area contributed by atoms with Gasteiger partial charge >= 0.3 is 0 Å². The van der Waals surface area contributed by atoms with Crippen LogP contribution < -0.4 is 0 Å². The highest BCUT2D eigenvalue weighted by molar-refractivity contribution is 5.22. The molecule has 0 fully saturated rings. The van der Waals surface area contributed by atoms with E-state index in [-0.39, 0.29) is 6.42 Å². The lowest BCUT2D eigenvalue weighted by Crippen LogP contribution is -2.05. The molecule has 2 aromatic rings. The lowest BCUT2D eigenvalue weighted by atomic mass is 10.1. The van der Waals surface area contributed by atoms with Crippen LogP contribution in [-0.4, -0.2) is 14.8 Å². The van der Waals surface area contributed by atoms with Crippen LogP contribution in [0.1, 0.15) is 24.7 Å². The maximum absolute atomic E-state index is 13.5. The minimum Gasteiger partial charge on any atom is -0.317 e. The summed E-state index contributed by atoms with van der Waals surface area (Å²) in [5, 5.41) is 7.71. The van der Waals surface area contributed by atoms with E-state index in [2.05, 4.69) is 10.2 Å². The molecule has 2 rings (SSSR count). The first kappa shape index (κ1) is 11.7. The highest BCUT2D eigenvalue weighted by Crippen LogP contribution is 2.14. The molecule has 0 aliphatic heterocycles. The third-order valence-electron chi connectivity index (χ3n) is 2.54. The lowest BCUT2D eigenvalue weighted by Gasteiger charge is -2.06. The van der Waals surface area contributed by atoms with Crippen LogP contribution in [0.15, 0.2) is 24.5 Å². The summed E-state index contributed by atoms with van der Waals surface area (Å²) in [6, 6.07) is 4.16. The van der Waals surface area contributed by atoms with E-state index in [0.717, 1.165) is 19.0 Å². The number of hydrogen-bond donors (Lipinski definition) is 0. The maximum Gasteiger partial charge on any atom is 0.162 e. The van der Waals surface area contributed by atoms with Gasteiger partial charge in [-0.15, -0.1) is 10.2 Å². The van der Waals surface area contributed by atoms with Gasteiger partial charge < -0.3 is 4.57 Å². The Balaban J connectivity index is 2.25. The molecular formula is C12H13F2N3. The van der Waals surface area contributed by atoms with Gasteiger partial charge in [0.05, 0.1) is 0 Å². The van der Waals surface area contributed by atoms with E-state index in [9.17, 15) is 8.78 Å². The Kier molecular flexibility index (Phi) is 3.46. The van der Waals surface area contributed by atoms with E-state index < -0.39 is 11.6 Å². The SMILES string of the molecule is CCCn1cnnc1Cc1cccc(F)c1F. The van der Waals surface area contributed by atoms with Gasteiger partial charge in [0.2, 0.25) is 0 Å². The van der Waals surface area contributed by atoms with Crippen molar-refractivity contribution in [2.24, 2.45) is 0 Å². The van der Waals surface area contributed by atoms with E-state index in [0.29, 0.717) is 11.4 Å². The van der Waals surface area contributed by atoms with Crippen molar-refractivity contribution in [2.75, 3.05) is 0 Å². The molecule has 0 unspecified atom stereocenters. The monoisotopic (exact) mass is 237 g/mol. The summed E-state index contributed by atoms with van der Waals surface area (Å²) in [7, 11) is 0. The highest BCUT2D eigenvalue weighted by atomic mass is 19.2. The Bertz CT molecular complexity index is 508. The molecule has 0 amide bonds. The molecule has 0 aliphatic rings. The summed E-state index contributed by atoms with van der Waals surface area (Å²) in [6.45, 7) is 2.81. The third-order valence-corrected chi connectivity index (χ3v) is 2.54. The van der Waals surface area contributed by atoms with Crippen molar-refractivity contribution in [1.29, 1.82) is 0 Å². The number of benzene rings is 1. The molecule has 0 N–H and O–H groups in total. The predicted octanol–water partition coefficient (Wildman–Crippen LogP) is 2.56. The smallest absolute Gasteiger partial charge is 0.162 e. The Hall–Kier alpha value is -1.78. The number of nitrogens with zero attached hydrogens (tertiary/aromatic N) is 3. The zero-order chi connectivity index (χ0) is 12.3. The molecule has 0 atom stereocenters. The molecule has 0 saturated carbocycles. The second-order valence-corrected chi connectivity index (χ2v) is 3.83. The van der Waals surface area contributed by atoms with Crippen LogP contribution >= 0.6 is 0 Å². The average Bonchev–Trinajstić information content (AvgIpc) is 2.73. The maximum atomic E-state index is 13.5. The van der Waals surface area contributed by atoms with E-state index in [4.69, 9.17) is 0 Å². The molecule has 0 radical (unpaired) electrons. The minimum absolute atomic E-state index is 0.254. The Morgan fingerprint density at radius 1 is 1.29 bits per heavy atom. The molecule has 1 aromatic carbocycles. The molecule has 1 heterocycles. The molecule has 3 nitrogen and oxygen atoms in total. The molecule has 17 heavy (non-hydrogen) atoms. The van der Waals surface area contributed by atoms with Crippen molar-refractivity contribution >= 4 is 0 Å². The summed E-state index contributed by atoms with van der Waals surface area (Å²) in [6.07, 6.45) is 2.80. The fourth-order valence-corrected chi connectivity index (χ4v) is 1.70. The molecule has 0 bridgehead atoms. The van der Waals surface area contributed by atoms with Crippen molar-refractivity contribution < 1.29 is 8.78 Å². The molecule has 0 aliphatic carbocycles. The Morgan fingerprint density at radius 2 is 2.12 bits per heavy atom. The predicted molar refractivity (Wildman–Crippen MR) is 59.5 cm³/mol. The van der Waals surface area contributed by atoms with Gasteiger partial charge in [-0.05, 0) is 18.1 Å². The van der Waals surface area contributed by atoms with Crippen LogP contribution in [0.25, 0.3) is 0 Å². The van der Waals surface area contributed by atoms with Crippen molar-refractivity contribution in [3.63, 3.8) is 0 Å². The molecule has 0 spiro atoms. The molecule has 1 aromatic heterocycles. The van der Waals surface area contributed by atoms with Gasteiger partial charge in [-0.2, -0.15) is 0 Å². The van der Waals surface area contributed by atoms with E-state index >= 15 is 0 Å². The number of aryl methyl sites for hydroxylation is 1. The van der Waals surface area contributed by atoms with Gasteiger partial charge in [0, 0.05) is 13.0 Å². The van der Waals surface area contributed by atoms with Crippen LogP contribution in [0.2, 0.25) is 0 Å². The first-order valence-corrected chi connectivity index (χ1v) is 5.52. The minimum atomic E-state index is -0.830. The van der Waals surface area contributed by atoms with Crippen LogP contribution in [-0.2, 0) is 13.0 Å². The topological polar surface area (TPSA) is 30.7 Å². The summed E-state index contributed by atoms with van der Waals surface area (Å²) < 4.78 is 28.4. The van der Waals surface area contributed by atoms with Crippen molar-refractivity contribution in [3.8, 4) is 0 Å². The standard InChI is InChI=1S/C12H13F2N3/c1-2-6-17-8-15-16-11(17)7-9-4-3-5-10(13)12(9)14/h3-5,8H,2,6-7H2,1H3. The van der Waals surface area contributed by atoms with E-state index in [1.807, 2.05) is 11.5 Å². The van der Waals surface area contributed by atoms with Crippen LogP contribution in [0, 0.1) is 11.6 Å². The zero-order valence-corrected chi connectivity index (χ0v) is 9.53. The summed E-state index contributed by atoms with van der Waals surface area (Å²) in [5.41, 5.74) is 0.301. The molecule has 90 valence electrons. The van der Waals surface area contributed by atoms with Gasteiger partial charge in [-0.1, -0.05) is 19.1 Å². The first-order chi connectivity index (χ1) is 8.22. The van der Waals surface area contributed by atoms with Crippen molar-refractivity contribution in [1.82, 2.24) is 14.8 Å². The fraction of sp³-hybridized carbons (Fsp3) is 0.333.